The number of nitrogens with one attached hydrogen (secondary N) is 6. The zero-order chi connectivity index (χ0) is 66.8. The van der Waals surface area contributed by atoms with Crippen LogP contribution in [-0.4, -0.2) is 219 Å². The van der Waals surface area contributed by atoms with Crippen molar-refractivity contribution >= 4 is 88.2 Å². The van der Waals surface area contributed by atoms with Crippen LogP contribution in [-0.2, 0) is 67.3 Å². The van der Waals surface area contributed by atoms with Crippen molar-refractivity contribution in [2.45, 2.75) is 175 Å². The van der Waals surface area contributed by atoms with Crippen LogP contribution in [0.25, 0.3) is 0 Å². The molecular formula is C59H89N19O13S. The minimum atomic E-state index is -3.10. The Morgan fingerprint density at radius 1 is 0.728 bits per heavy atom. The van der Waals surface area contributed by atoms with E-state index in [1.807, 2.05) is 12.1 Å². The van der Waals surface area contributed by atoms with E-state index in [1.54, 1.807) is 29.6 Å². The number of aliphatic imine (C=N–C) groups is 3. The number of guanidine groups is 3. The van der Waals surface area contributed by atoms with E-state index in [0.717, 1.165) is 41.7 Å². The molecule has 0 radical (unpaired) electrons. The number of aliphatic hydroxyl groups excluding tert-OH is 2. The van der Waals surface area contributed by atoms with Gasteiger partial charge in [0.05, 0.1) is 37.4 Å². The third-order valence-electron chi connectivity index (χ3n) is 17.5. The van der Waals surface area contributed by atoms with E-state index in [-0.39, 0.29) is 127 Å². The van der Waals surface area contributed by atoms with Crippen molar-refractivity contribution in [1.82, 2.24) is 46.6 Å². The lowest BCUT2D eigenvalue weighted by atomic mass is 9.80. The number of β-amino-alcohol motifs (C(OH)–C–C–N with tert-alkyl or cyclic N) is 1. The number of aliphatic hydroxyl groups is 2. The molecule has 1 aromatic carbocycles. The van der Waals surface area contributed by atoms with Crippen LogP contribution in [0.1, 0.15) is 106 Å². The van der Waals surface area contributed by atoms with Crippen LogP contribution in [0, 0.1) is 5.92 Å². The second kappa shape index (κ2) is 33.3. The predicted molar refractivity (Wildman–Crippen MR) is 338 cm³/mol. The zero-order valence-corrected chi connectivity index (χ0v) is 52.2. The van der Waals surface area contributed by atoms with E-state index >= 15 is 14.4 Å². The van der Waals surface area contributed by atoms with E-state index in [2.05, 4.69) is 46.9 Å². The fraction of sp³-hybridized carbons (Fsp3) is 0.610. The van der Waals surface area contributed by atoms with Gasteiger partial charge in [0.15, 0.2) is 23.7 Å². The van der Waals surface area contributed by atoms with Gasteiger partial charge < -0.3 is 97.2 Å². The van der Waals surface area contributed by atoms with Gasteiger partial charge in [0.25, 0.3) is 0 Å². The molecule has 1 saturated carbocycles. The van der Waals surface area contributed by atoms with Crippen molar-refractivity contribution in [2.24, 2.45) is 61.0 Å². The van der Waals surface area contributed by atoms with Gasteiger partial charge in [0.1, 0.15) is 30.2 Å². The van der Waals surface area contributed by atoms with Crippen molar-refractivity contribution < 1.29 is 63.3 Å². The Morgan fingerprint density at radius 3 is 2.03 bits per heavy atom. The Morgan fingerprint density at radius 2 is 1.38 bits per heavy atom. The van der Waals surface area contributed by atoms with Gasteiger partial charge in [-0.3, -0.25) is 63.0 Å². The molecule has 2 unspecified atom stereocenters. The summed E-state index contributed by atoms with van der Waals surface area (Å²) in [5.41, 5.74) is 37.7. The number of carbonyl (C=O) groups excluding carboxylic acids is 9. The van der Waals surface area contributed by atoms with E-state index in [1.165, 1.54) is 16.2 Å². The molecule has 1 aromatic heterocycles. The zero-order valence-electron chi connectivity index (χ0n) is 51.4. The van der Waals surface area contributed by atoms with Gasteiger partial charge in [-0.15, -0.1) is 11.3 Å². The molecule has 504 valence electrons. The fourth-order valence-corrected chi connectivity index (χ4v) is 13.7. The lowest BCUT2D eigenvalue weighted by molar-refractivity contribution is -0.174. The van der Waals surface area contributed by atoms with E-state index in [9.17, 15) is 48.9 Å². The van der Waals surface area contributed by atoms with Gasteiger partial charge in [-0.2, -0.15) is 0 Å². The van der Waals surface area contributed by atoms with Crippen LogP contribution < -0.4 is 72.0 Å². The number of amides is 8. The normalized spacial score (nSPS) is 22.7. The molecule has 0 spiro atoms. The monoisotopic (exact) mass is 1300 g/mol. The van der Waals surface area contributed by atoms with Crippen LogP contribution >= 0.6 is 11.3 Å². The number of fused-ring (bicyclic) bond motifs is 2. The number of benzene rings is 1. The summed E-state index contributed by atoms with van der Waals surface area (Å²) in [6.07, 6.45) is 2.19. The van der Waals surface area contributed by atoms with Gasteiger partial charge in [0, 0.05) is 63.0 Å². The van der Waals surface area contributed by atoms with Gasteiger partial charge in [-0.25, -0.2) is 4.79 Å². The average molecular weight is 1300 g/mol. The molecule has 4 fully saturated rings. The number of ketones is 1. The first-order valence-corrected chi connectivity index (χ1v) is 32.1. The number of carbonyl (C=O) groups is 10. The topological polar surface area (TPSA) is 533 Å². The van der Waals surface area contributed by atoms with Crippen LogP contribution in [0.3, 0.4) is 0 Å². The molecule has 33 heteroatoms. The molecule has 4 aliphatic heterocycles. The van der Waals surface area contributed by atoms with Crippen LogP contribution in [0.15, 0.2) is 56.8 Å². The summed E-state index contributed by atoms with van der Waals surface area (Å²) in [7, 11) is 0. The molecule has 23 N–H and O–H groups in total. The minimum absolute atomic E-state index is 0.0167. The third kappa shape index (κ3) is 18.2. The Labute approximate surface area is 536 Å². The van der Waals surface area contributed by atoms with Crippen molar-refractivity contribution in [3.05, 3.63) is 57.8 Å². The molecule has 32 nitrogen and oxygen atoms in total. The number of rotatable bonds is 31. The van der Waals surface area contributed by atoms with Gasteiger partial charge in [-0.05, 0) is 106 Å². The van der Waals surface area contributed by atoms with E-state index in [0.29, 0.717) is 22.6 Å². The van der Waals surface area contributed by atoms with Crippen molar-refractivity contribution in [1.29, 1.82) is 0 Å². The van der Waals surface area contributed by atoms with Gasteiger partial charge in [0.2, 0.25) is 52.8 Å². The summed E-state index contributed by atoms with van der Waals surface area (Å²) in [5.74, 6) is -10.9. The fourth-order valence-electron chi connectivity index (χ4n) is 12.9. The Hall–Kier alpha value is -8.37. The molecule has 12 atom stereocenters. The highest BCUT2D eigenvalue weighted by Gasteiger charge is 2.60. The number of carboxylic acid groups (broad SMARTS) is 1. The number of Topliss-reactive ketones (excluding diaryl/α,β-unsaturated/α-hetero) is 1. The summed E-state index contributed by atoms with van der Waals surface area (Å²) in [6, 6.07) is -0.260. The van der Waals surface area contributed by atoms with Crippen LogP contribution in [0.4, 0.5) is 0 Å². The predicted octanol–water partition coefficient (Wildman–Crippen LogP) is -5.32. The Balaban J connectivity index is 1.08. The van der Waals surface area contributed by atoms with E-state index in [4.69, 9.17) is 40.1 Å². The maximum Gasteiger partial charge on any atom is 0.338 e. The molecule has 2 aromatic rings. The number of thiophene rings is 1. The summed E-state index contributed by atoms with van der Waals surface area (Å²) >= 11 is 1.20. The van der Waals surface area contributed by atoms with Crippen molar-refractivity contribution in [3.8, 4) is 0 Å². The standard InChI is InChI=1S/C59H89N19O13S/c60-37(14-5-19-67-56(61)62)48(83)74-39(16-6-20-68-57(63)64)51(86)76-22-7-17-44(76)54(89)77-30-35(80)26-45(77)50(85)71-29-46(81)73-40(27-36-13-8-23-92-36)49(84)75-43(31-79)47(82)59(55(90)91,18-9-21-69-58(65)66)78(53(88)42-25-33-11-3-4-15-38(33)72-42)52(87)41-24-32-10-1-2-12-34(32)28-70-41/h1-2,8,10,12-13,23,33,35,37-45,70,72,79-80H,3-7,9,11,14-22,24-31,60H2,(H,71,85)(H,73,81)(H,74,83)(H,75,84)(H,90,91)(H4,61,62,67)(H4,63,64,68)(H4,65,66,69)/t33-,35?,37+,38-,39-,40-,41?,42+,43-,44-,45+,59-/m0/s1. The first-order valence-electron chi connectivity index (χ1n) is 31.2. The maximum absolute atomic E-state index is 15.5. The number of likely N-dealkylation sites (tertiary alicyclic amines) is 2. The summed E-state index contributed by atoms with van der Waals surface area (Å²) < 4.78 is 0. The molecule has 1 aliphatic carbocycles. The number of aliphatic carboxylic acids is 1. The molecule has 5 heterocycles. The molecule has 3 saturated heterocycles. The van der Waals surface area contributed by atoms with Crippen molar-refractivity contribution in [2.75, 3.05) is 45.9 Å². The second-order valence-corrected chi connectivity index (χ2v) is 25.0. The van der Waals surface area contributed by atoms with Gasteiger partial charge >= 0.3 is 5.97 Å². The summed E-state index contributed by atoms with van der Waals surface area (Å²) in [6.45, 7) is -2.02. The van der Waals surface area contributed by atoms with Gasteiger partial charge in [-0.1, -0.05) is 43.2 Å². The molecule has 0 bridgehead atoms. The molecule has 92 heavy (non-hydrogen) atoms. The number of carboxylic acids is 1. The Bertz CT molecular complexity index is 3050. The smallest absolute Gasteiger partial charge is 0.338 e. The quantitative estimate of drug-likeness (QED) is 0.0110. The molecule has 8 amide bonds. The average Bonchev–Trinajstić information content (AvgIpc) is 1.44. The van der Waals surface area contributed by atoms with Crippen LogP contribution in [0.5, 0.6) is 0 Å². The highest BCUT2D eigenvalue weighted by Crippen LogP contribution is 2.37. The summed E-state index contributed by atoms with van der Waals surface area (Å²) in [4.78, 5) is 161. The first kappa shape index (κ1) is 71.1. The lowest BCUT2D eigenvalue weighted by Gasteiger charge is -2.43. The molecule has 7 rings (SSSR count). The highest BCUT2D eigenvalue weighted by atomic mass is 32.1. The van der Waals surface area contributed by atoms with Crippen molar-refractivity contribution in [3.63, 3.8) is 0 Å². The van der Waals surface area contributed by atoms with E-state index < -0.39 is 139 Å². The maximum atomic E-state index is 15.5. The Kier molecular flexibility index (Phi) is 25.7. The number of hydrogen-bond donors (Lipinski definition) is 16. The third-order valence-corrected chi connectivity index (χ3v) is 18.4. The second-order valence-electron chi connectivity index (χ2n) is 24.0. The number of nitrogens with two attached hydrogens (primary N) is 7. The minimum Gasteiger partial charge on any atom is -0.479 e. The SMILES string of the molecule is NC(N)=NCCC[C@@H](N)C(=O)N[C@@H](CCCN=C(N)N)C(=O)N1CCC[C@H]1C(=O)N1CC(O)C[C@@H]1C(=O)NCC(=O)N[C@@H](Cc1cccs1)C(=O)N[C@@H](CO)C(=O)[C@@](CCCN=C(N)N)(C(=O)O)N(C(=O)C1Cc2ccccc2CN1)C(=O)[C@H]1C[C@@H]2CCCC[C@@H]2N1. The summed E-state index contributed by atoms with van der Waals surface area (Å²) in [5, 5.41) is 51.8. The molecular weight excluding hydrogens is 1210 g/mol. The highest BCUT2D eigenvalue weighted by molar-refractivity contribution is 7.09. The number of imide groups is 1. The van der Waals surface area contributed by atoms with Crippen LogP contribution in [0.2, 0.25) is 0 Å². The number of nitrogens with zero attached hydrogens (tertiary/aromatic N) is 6. The lowest BCUT2D eigenvalue weighted by Crippen LogP contribution is -2.72. The first-order chi connectivity index (χ1) is 43.9. The largest absolute Gasteiger partial charge is 0.479 e. The molecule has 5 aliphatic rings. The number of hydrogen-bond acceptors (Lipinski definition) is 19.